The molecule has 0 aliphatic heterocycles. The molecule has 0 aliphatic rings. The van der Waals surface area contributed by atoms with Gasteiger partial charge in [-0.15, -0.1) is 13.2 Å². The molecular weight excluding hydrogens is 317 g/mol. The average molecular weight is 327 g/mol. The molecule has 1 aromatic rings. The molecule has 0 aromatic heterocycles. The highest BCUT2D eigenvalue weighted by Gasteiger charge is 2.31. The summed E-state index contributed by atoms with van der Waals surface area (Å²) in [5.74, 6) is -0.836. The van der Waals surface area contributed by atoms with E-state index in [1.807, 2.05) is 0 Å². The van der Waals surface area contributed by atoms with Gasteiger partial charge in [0.1, 0.15) is 10.6 Å². The van der Waals surface area contributed by atoms with Gasteiger partial charge in [0, 0.05) is 0 Å². The molecule has 1 aromatic carbocycles. The lowest BCUT2D eigenvalue weighted by atomic mass is 10.1. The number of hydrogen-bond acceptors (Lipinski definition) is 3. The fourth-order valence-corrected chi connectivity index (χ4v) is 1.63. The van der Waals surface area contributed by atoms with Crippen molar-refractivity contribution < 1.29 is 27.4 Å². The highest BCUT2D eigenvalue weighted by atomic mass is 79.9. The van der Waals surface area contributed by atoms with Gasteiger partial charge in [-0.25, -0.2) is 0 Å². The van der Waals surface area contributed by atoms with E-state index in [0.29, 0.717) is 5.56 Å². The number of halogens is 4. The molecule has 0 saturated carbocycles. The molecule has 0 radical (unpaired) electrons. The Kier molecular flexibility index (Phi) is 5.01. The van der Waals surface area contributed by atoms with E-state index in [2.05, 4.69) is 20.7 Å². The van der Waals surface area contributed by atoms with Crippen molar-refractivity contribution in [3.8, 4) is 5.75 Å². The van der Waals surface area contributed by atoms with Crippen molar-refractivity contribution in [1.29, 1.82) is 0 Å². The topological polar surface area (TPSA) is 35.5 Å². The average Bonchev–Trinajstić information content (AvgIpc) is 2.27. The molecule has 0 fully saturated rings. The van der Waals surface area contributed by atoms with Crippen LogP contribution in [0.2, 0.25) is 0 Å². The van der Waals surface area contributed by atoms with E-state index in [-0.39, 0.29) is 12.4 Å². The molecule has 1 atom stereocenters. The van der Waals surface area contributed by atoms with Crippen molar-refractivity contribution in [2.75, 3.05) is 6.61 Å². The Labute approximate surface area is 110 Å². The van der Waals surface area contributed by atoms with Crippen LogP contribution in [-0.4, -0.2) is 18.9 Å². The van der Waals surface area contributed by atoms with Gasteiger partial charge in [0.25, 0.3) is 0 Å². The Hall–Kier alpha value is -1.24. The number of carbonyl (C=O) groups is 1. The predicted molar refractivity (Wildman–Crippen MR) is 61.4 cm³/mol. The summed E-state index contributed by atoms with van der Waals surface area (Å²) in [6, 6.07) is 4.99. The summed E-state index contributed by atoms with van der Waals surface area (Å²) in [6.07, 6.45) is -4.73. The second-order valence-electron chi connectivity index (χ2n) is 3.23. The number of hydrogen-bond donors (Lipinski definition) is 0. The summed E-state index contributed by atoms with van der Waals surface area (Å²) in [5, 5.41) is 0. The van der Waals surface area contributed by atoms with Gasteiger partial charge >= 0.3 is 12.3 Å². The van der Waals surface area contributed by atoms with Gasteiger partial charge in [0.2, 0.25) is 0 Å². The number of carbonyl (C=O) groups excluding carboxylic acids is 1. The summed E-state index contributed by atoms with van der Waals surface area (Å²) in [6.45, 7) is 1.90. The van der Waals surface area contributed by atoms with Crippen LogP contribution in [0.15, 0.2) is 24.3 Å². The van der Waals surface area contributed by atoms with Crippen molar-refractivity contribution in [2.45, 2.75) is 18.1 Å². The molecule has 7 heteroatoms. The predicted octanol–water partition coefficient (Wildman–Crippen LogP) is 3.58. The molecule has 0 aliphatic carbocycles. The molecule has 100 valence electrons. The first-order valence-corrected chi connectivity index (χ1v) is 5.91. The van der Waals surface area contributed by atoms with Gasteiger partial charge in [-0.05, 0) is 24.6 Å². The molecule has 1 rings (SSSR count). The van der Waals surface area contributed by atoms with Crippen LogP contribution in [0.3, 0.4) is 0 Å². The highest BCUT2D eigenvalue weighted by molar-refractivity contribution is 9.09. The van der Waals surface area contributed by atoms with Gasteiger partial charge in [0.05, 0.1) is 6.61 Å². The molecule has 0 spiro atoms. The monoisotopic (exact) mass is 326 g/mol. The van der Waals surface area contributed by atoms with Crippen molar-refractivity contribution in [2.24, 2.45) is 0 Å². The Bertz CT molecular complexity index is 403. The summed E-state index contributed by atoms with van der Waals surface area (Å²) in [5.41, 5.74) is 0.489. The molecule has 18 heavy (non-hydrogen) atoms. The first kappa shape index (κ1) is 14.8. The molecule has 0 heterocycles. The number of alkyl halides is 4. The van der Waals surface area contributed by atoms with Gasteiger partial charge in [-0.1, -0.05) is 28.1 Å². The van der Waals surface area contributed by atoms with Gasteiger partial charge < -0.3 is 9.47 Å². The Morgan fingerprint density at radius 2 is 1.89 bits per heavy atom. The molecule has 3 nitrogen and oxygen atoms in total. The zero-order valence-electron chi connectivity index (χ0n) is 9.33. The first-order chi connectivity index (χ1) is 8.33. The molecule has 0 N–H and O–H groups in total. The van der Waals surface area contributed by atoms with Crippen LogP contribution in [0.4, 0.5) is 13.2 Å². The Balaban J connectivity index is 2.73. The van der Waals surface area contributed by atoms with Crippen LogP contribution in [-0.2, 0) is 9.53 Å². The molecule has 0 amide bonds. The maximum atomic E-state index is 11.9. The zero-order chi connectivity index (χ0) is 13.8. The van der Waals surface area contributed by atoms with E-state index in [4.69, 9.17) is 4.74 Å². The van der Waals surface area contributed by atoms with Crippen molar-refractivity contribution in [1.82, 2.24) is 0 Å². The lowest BCUT2D eigenvalue weighted by Gasteiger charge is -2.11. The normalized spacial score (nSPS) is 12.9. The summed E-state index contributed by atoms with van der Waals surface area (Å²) in [7, 11) is 0. The fourth-order valence-electron chi connectivity index (χ4n) is 1.19. The SMILES string of the molecule is CCOC(=O)[C@H](Br)c1ccc(OC(F)(F)F)cc1. The van der Waals surface area contributed by atoms with Crippen LogP contribution in [0.1, 0.15) is 17.3 Å². The number of esters is 1. The molecular formula is C11H10BrF3O3. The van der Waals surface area contributed by atoms with Gasteiger partial charge in [-0.3, -0.25) is 4.79 Å². The van der Waals surface area contributed by atoms with Gasteiger partial charge in [-0.2, -0.15) is 0 Å². The summed E-state index contributed by atoms with van der Waals surface area (Å²) < 4.78 is 44.3. The molecule has 0 bridgehead atoms. The number of benzene rings is 1. The van der Waals surface area contributed by atoms with Gasteiger partial charge in [0.15, 0.2) is 0 Å². The number of ether oxygens (including phenoxy) is 2. The van der Waals surface area contributed by atoms with E-state index < -0.39 is 17.2 Å². The van der Waals surface area contributed by atoms with E-state index >= 15 is 0 Å². The van der Waals surface area contributed by atoms with Crippen molar-refractivity contribution >= 4 is 21.9 Å². The quantitative estimate of drug-likeness (QED) is 0.626. The lowest BCUT2D eigenvalue weighted by molar-refractivity contribution is -0.274. The van der Waals surface area contributed by atoms with Crippen LogP contribution in [0, 0.1) is 0 Å². The maximum Gasteiger partial charge on any atom is 0.573 e. The van der Waals surface area contributed by atoms with E-state index in [9.17, 15) is 18.0 Å². The van der Waals surface area contributed by atoms with E-state index in [1.165, 1.54) is 12.1 Å². The van der Waals surface area contributed by atoms with E-state index in [1.54, 1.807) is 6.92 Å². The Morgan fingerprint density at radius 1 is 1.33 bits per heavy atom. The second kappa shape index (κ2) is 6.08. The minimum Gasteiger partial charge on any atom is -0.465 e. The minimum atomic E-state index is -4.73. The summed E-state index contributed by atoms with van der Waals surface area (Å²) in [4.78, 5) is 10.7. The van der Waals surface area contributed by atoms with Crippen LogP contribution in [0.25, 0.3) is 0 Å². The number of rotatable bonds is 4. The standard InChI is InChI=1S/C11H10BrF3O3/c1-2-17-10(16)9(12)7-3-5-8(6-4-7)18-11(13,14)15/h3-6,9H,2H2,1H3/t9-/m1/s1. The largest absolute Gasteiger partial charge is 0.573 e. The van der Waals surface area contributed by atoms with Crippen molar-refractivity contribution in [3.63, 3.8) is 0 Å². The van der Waals surface area contributed by atoms with Crippen molar-refractivity contribution in [3.05, 3.63) is 29.8 Å². The third-order valence-corrected chi connectivity index (χ3v) is 2.80. The Morgan fingerprint density at radius 3 is 2.33 bits per heavy atom. The second-order valence-corrected chi connectivity index (χ2v) is 4.15. The smallest absolute Gasteiger partial charge is 0.465 e. The molecule has 0 saturated heterocycles. The fraction of sp³-hybridized carbons (Fsp3) is 0.364. The third-order valence-electron chi connectivity index (χ3n) is 1.90. The highest BCUT2D eigenvalue weighted by Crippen LogP contribution is 2.28. The molecule has 0 unspecified atom stereocenters. The lowest BCUT2D eigenvalue weighted by Crippen LogP contribution is -2.17. The van der Waals surface area contributed by atoms with Crippen LogP contribution in [0.5, 0.6) is 5.75 Å². The zero-order valence-corrected chi connectivity index (χ0v) is 10.9. The van der Waals surface area contributed by atoms with E-state index in [0.717, 1.165) is 12.1 Å². The first-order valence-electron chi connectivity index (χ1n) is 5.00. The summed E-state index contributed by atoms with van der Waals surface area (Å²) >= 11 is 3.10. The maximum absolute atomic E-state index is 11.9. The minimum absolute atomic E-state index is 0.232. The van der Waals surface area contributed by atoms with Crippen LogP contribution >= 0.6 is 15.9 Å². The third kappa shape index (κ3) is 4.56. The van der Waals surface area contributed by atoms with Crippen LogP contribution < -0.4 is 4.74 Å².